The van der Waals surface area contributed by atoms with Crippen LogP contribution >= 0.6 is 0 Å². The van der Waals surface area contributed by atoms with Crippen molar-refractivity contribution in [3.05, 3.63) is 29.6 Å². The van der Waals surface area contributed by atoms with Gasteiger partial charge in [-0.25, -0.2) is 9.18 Å². The molecule has 0 heterocycles. The number of anilines is 1. The molecule has 0 saturated carbocycles. The molecular formula is C13H18FNO3. The second kappa shape index (κ2) is 6.35. The van der Waals surface area contributed by atoms with E-state index in [0.717, 1.165) is 0 Å². The van der Waals surface area contributed by atoms with Crippen LogP contribution in [-0.4, -0.2) is 28.8 Å². The molecule has 0 bridgehead atoms. The normalized spacial score (nSPS) is 12.5. The largest absolute Gasteiger partial charge is 0.478 e. The van der Waals surface area contributed by atoms with Gasteiger partial charge < -0.3 is 15.5 Å². The number of nitrogens with one attached hydrogen (secondary N) is 1. The predicted molar refractivity (Wildman–Crippen MR) is 67.3 cm³/mol. The van der Waals surface area contributed by atoms with E-state index in [2.05, 4.69) is 5.32 Å². The molecule has 0 fully saturated rings. The molecule has 0 aliphatic rings. The molecule has 1 atom stereocenters. The minimum Gasteiger partial charge on any atom is -0.478 e. The monoisotopic (exact) mass is 255 g/mol. The maximum atomic E-state index is 13.7. The number of aliphatic hydroxyl groups is 1. The Morgan fingerprint density at radius 1 is 1.44 bits per heavy atom. The number of aromatic carboxylic acids is 1. The fourth-order valence-electron chi connectivity index (χ4n) is 1.75. The Morgan fingerprint density at radius 3 is 2.61 bits per heavy atom. The number of para-hydroxylation sites is 1. The summed E-state index contributed by atoms with van der Waals surface area (Å²) in [5, 5.41) is 20.9. The number of hydrogen-bond donors (Lipinski definition) is 3. The summed E-state index contributed by atoms with van der Waals surface area (Å²) in [6.45, 7) is 3.82. The van der Waals surface area contributed by atoms with Crippen LogP contribution in [0.15, 0.2) is 18.2 Å². The van der Waals surface area contributed by atoms with Crippen LogP contribution < -0.4 is 5.32 Å². The average molecular weight is 255 g/mol. The van der Waals surface area contributed by atoms with Gasteiger partial charge >= 0.3 is 5.97 Å². The average Bonchev–Trinajstić information content (AvgIpc) is 2.30. The third-order valence-corrected chi connectivity index (χ3v) is 2.82. The highest BCUT2D eigenvalue weighted by Gasteiger charge is 2.19. The highest BCUT2D eigenvalue weighted by atomic mass is 19.1. The van der Waals surface area contributed by atoms with Gasteiger partial charge in [-0.1, -0.05) is 19.9 Å². The number of carboxylic acids is 1. The van der Waals surface area contributed by atoms with Crippen LogP contribution in [0.1, 0.15) is 30.6 Å². The van der Waals surface area contributed by atoms with E-state index in [4.69, 9.17) is 10.2 Å². The van der Waals surface area contributed by atoms with E-state index in [1.807, 2.05) is 13.8 Å². The van der Waals surface area contributed by atoms with Crippen molar-refractivity contribution in [2.45, 2.75) is 26.3 Å². The zero-order chi connectivity index (χ0) is 13.7. The number of carbonyl (C=O) groups is 1. The highest BCUT2D eigenvalue weighted by Crippen LogP contribution is 2.23. The minimum atomic E-state index is -1.18. The highest BCUT2D eigenvalue weighted by molar-refractivity contribution is 5.94. The quantitative estimate of drug-likeness (QED) is 0.729. The van der Waals surface area contributed by atoms with E-state index in [-0.39, 0.29) is 29.8 Å². The van der Waals surface area contributed by atoms with E-state index in [1.165, 1.54) is 18.2 Å². The summed E-state index contributed by atoms with van der Waals surface area (Å²) >= 11 is 0. The molecule has 1 aromatic rings. The van der Waals surface area contributed by atoms with Crippen LogP contribution in [0.25, 0.3) is 0 Å². The molecule has 0 spiro atoms. The van der Waals surface area contributed by atoms with Crippen LogP contribution in [0.5, 0.6) is 0 Å². The third-order valence-electron chi connectivity index (χ3n) is 2.82. The van der Waals surface area contributed by atoms with Crippen molar-refractivity contribution in [3.8, 4) is 0 Å². The number of benzene rings is 1. The Labute approximate surface area is 105 Å². The van der Waals surface area contributed by atoms with Crippen molar-refractivity contribution >= 4 is 11.7 Å². The summed E-state index contributed by atoms with van der Waals surface area (Å²) in [4.78, 5) is 11.0. The molecule has 0 radical (unpaired) electrons. The van der Waals surface area contributed by atoms with Crippen molar-refractivity contribution in [2.75, 3.05) is 11.9 Å². The number of rotatable bonds is 6. The van der Waals surface area contributed by atoms with Gasteiger partial charge in [0, 0.05) is 12.6 Å². The Hall–Kier alpha value is -1.62. The zero-order valence-corrected chi connectivity index (χ0v) is 10.5. The van der Waals surface area contributed by atoms with E-state index in [1.54, 1.807) is 0 Å². The maximum Gasteiger partial charge on any atom is 0.337 e. The van der Waals surface area contributed by atoms with Crippen LogP contribution in [-0.2, 0) is 0 Å². The summed E-state index contributed by atoms with van der Waals surface area (Å²) in [7, 11) is 0. The lowest BCUT2D eigenvalue weighted by molar-refractivity contribution is 0.0697. The maximum absolute atomic E-state index is 13.7. The van der Waals surface area contributed by atoms with Crippen LogP contribution in [0, 0.1) is 11.7 Å². The molecular weight excluding hydrogens is 237 g/mol. The predicted octanol–water partition coefficient (Wildman–Crippen LogP) is 2.34. The third kappa shape index (κ3) is 3.43. The van der Waals surface area contributed by atoms with Crippen molar-refractivity contribution in [1.29, 1.82) is 0 Å². The first-order valence-electron chi connectivity index (χ1n) is 5.86. The number of hydrogen-bond acceptors (Lipinski definition) is 3. The first kappa shape index (κ1) is 14.4. The molecule has 0 saturated heterocycles. The van der Waals surface area contributed by atoms with Crippen molar-refractivity contribution in [2.24, 2.45) is 5.92 Å². The number of aliphatic hydroxyl groups excluding tert-OH is 1. The summed E-state index contributed by atoms with van der Waals surface area (Å²) in [6, 6.07) is 3.75. The van der Waals surface area contributed by atoms with E-state index in [0.29, 0.717) is 6.42 Å². The molecule has 4 nitrogen and oxygen atoms in total. The molecule has 5 heteroatoms. The van der Waals surface area contributed by atoms with E-state index in [9.17, 15) is 9.18 Å². The smallest absolute Gasteiger partial charge is 0.337 e. The molecule has 0 aliphatic carbocycles. The summed E-state index contributed by atoms with van der Waals surface area (Å²) in [5.41, 5.74) is -0.115. The van der Waals surface area contributed by atoms with Crippen LogP contribution in [0.4, 0.5) is 10.1 Å². The first-order valence-corrected chi connectivity index (χ1v) is 5.86. The minimum absolute atomic E-state index is 0.0165. The molecule has 18 heavy (non-hydrogen) atoms. The number of halogens is 1. The van der Waals surface area contributed by atoms with Crippen molar-refractivity contribution in [1.82, 2.24) is 0 Å². The Morgan fingerprint density at radius 2 is 2.11 bits per heavy atom. The van der Waals surface area contributed by atoms with Gasteiger partial charge in [0.1, 0.15) is 5.82 Å². The van der Waals surface area contributed by atoms with Gasteiger partial charge in [-0.3, -0.25) is 0 Å². The molecule has 1 unspecified atom stereocenters. The van der Waals surface area contributed by atoms with Gasteiger partial charge in [0.25, 0.3) is 0 Å². The van der Waals surface area contributed by atoms with Gasteiger partial charge in [-0.15, -0.1) is 0 Å². The van der Waals surface area contributed by atoms with Crippen LogP contribution in [0.2, 0.25) is 0 Å². The topological polar surface area (TPSA) is 69.6 Å². The second-order valence-corrected chi connectivity index (χ2v) is 4.47. The summed E-state index contributed by atoms with van der Waals surface area (Å²) in [6.07, 6.45) is 0.436. The zero-order valence-electron chi connectivity index (χ0n) is 10.5. The molecule has 100 valence electrons. The first-order chi connectivity index (χ1) is 8.47. The van der Waals surface area contributed by atoms with Gasteiger partial charge in [0.05, 0.1) is 11.3 Å². The van der Waals surface area contributed by atoms with Gasteiger partial charge in [-0.2, -0.15) is 0 Å². The van der Waals surface area contributed by atoms with Crippen molar-refractivity contribution in [3.63, 3.8) is 0 Å². The molecule has 1 rings (SSSR count). The molecule has 3 N–H and O–H groups in total. The molecule has 1 aromatic carbocycles. The molecule has 0 aliphatic heterocycles. The molecule has 0 aromatic heterocycles. The fourth-order valence-corrected chi connectivity index (χ4v) is 1.75. The lowest BCUT2D eigenvalue weighted by atomic mass is 10.00. The lowest BCUT2D eigenvalue weighted by Crippen LogP contribution is -2.28. The fraction of sp³-hybridized carbons (Fsp3) is 0.462. The van der Waals surface area contributed by atoms with Crippen LogP contribution in [0.3, 0.4) is 0 Å². The number of carboxylic acid groups (broad SMARTS) is 1. The van der Waals surface area contributed by atoms with E-state index >= 15 is 0 Å². The Kier molecular flexibility index (Phi) is 5.09. The van der Waals surface area contributed by atoms with E-state index < -0.39 is 11.8 Å². The van der Waals surface area contributed by atoms with Gasteiger partial charge in [0.2, 0.25) is 0 Å². The summed E-state index contributed by atoms with van der Waals surface area (Å²) in [5.74, 6) is -1.62. The second-order valence-electron chi connectivity index (χ2n) is 4.47. The van der Waals surface area contributed by atoms with Crippen molar-refractivity contribution < 1.29 is 19.4 Å². The summed E-state index contributed by atoms with van der Waals surface area (Å²) < 4.78 is 13.7. The SMILES string of the molecule is CC(C)C(CCO)Nc1c(F)cccc1C(=O)O. The lowest BCUT2D eigenvalue weighted by Gasteiger charge is -2.24. The van der Waals surface area contributed by atoms with Gasteiger partial charge in [0.15, 0.2) is 0 Å². The Bertz CT molecular complexity index is 421. The van der Waals surface area contributed by atoms with Gasteiger partial charge in [-0.05, 0) is 24.5 Å². The Balaban J connectivity index is 3.04. The standard InChI is InChI=1S/C13H18FNO3/c1-8(2)11(6-7-16)15-12-9(13(17)18)4-3-5-10(12)14/h3-5,8,11,15-16H,6-7H2,1-2H3,(H,17,18). The molecule has 0 amide bonds.